The summed E-state index contributed by atoms with van der Waals surface area (Å²) < 4.78 is 6.24. The summed E-state index contributed by atoms with van der Waals surface area (Å²) >= 11 is 2.75. The van der Waals surface area contributed by atoms with E-state index >= 15 is 0 Å². The summed E-state index contributed by atoms with van der Waals surface area (Å²) in [5.74, 6) is -0.522. The fourth-order valence-electron chi connectivity index (χ4n) is 4.84. The quantitative estimate of drug-likeness (QED) is 0.0739. The smallest absolute Gasteiger partial charge is 0.301 e. The number of thioether (sulfide) groups is 1. The zero-order chi connectivity index (χ0) is 28.3. The van der Waals surface area contributed by atoms with Gasteiger partial charge in [0.05, 0.1) is 18.2 Å². The first kappa shape index (κ1) is 26.7. The zero-order valence-corrected chi connectivity index (χ0v) is 23.6. The molecular formula is C31H24N4O4S2. The maximum Gasteiger partial charge on any atom is 0.301 e. The van der Waals surface area contributed by atoms with Crippen molar-refractivity contribution in [2.45, 2.75) is 23.1 Å². The summed E-state index contributed by atoms with van der Waals surface area (Å²) in [5, 5.41) is 22.5. The Morgan fingerprint density at radius 2 is 1.73 bits per heavy atom. The van der Waals surface area contributed by atoms with Crippen molar-refractivity contribution in [1.82, 2.24) is 15.2 Å². The molecule has 8 nitrogen and oxygen atoms in total. The lowest BCUT2D eigenvalue weighted by Crippen LogP contribution is -2.29. The van der Waals surface area contributed by atoms with Gasteiger partial charge >= 0.3 is 5.91 Å². The van der Waals surface area contributed by atoms with Gasteiger partial charge in [0.25, 0.3) is 5.78 Å². The molecule has 1 aliphatic rings. The summed E-state index contributed by atoms with van der Waals surface area (Å²) in [6.45, 7) is 2.40. The highest BCUT2D eigenvalue weighted by Gasteiger charge is 2.48. The van der Waals surface area contributed by atoms with Gasteiger partial charge in [0.1, 0.15) is 11.5 Å². The number of ether oxygens (including phenoxy) is 1. The Morgan fingerprint density at radius 3 is 2.51 bits per heavy atom. The lowest BCUT2D eigenvalue weighted by atomic mass is 9.95. The molecule has 0 spiro atoms. The Morgan fingerprint density at radius 1 is 0.976 bits per heavy atom. The Labute approximate surface area is 244 Å². The molecule has 1 N–H and O–H groups in total. The second-order valence-electron chi connectivity index (χ2n) is 9.18. The van der Waals surface area contributed by atoms with Crippen molar-refractivity contribution in [3.8, 4) is 5.75 Å². The number of rotatable bonds is 8. The van der Waals surface area contributed by atoms with Crippen LogP contribution in [0.1, 0.15) is 29.7 Å². The first-order chi connectivity index (χ1) is 20.0. The maximum atomic E-state index is 13.5. The average molecular weight is 581 g/mol. The highest BCUT2D eigenvalue weighted by atomic mass is 32.2. The highest BCUT2D eigenvalue weighted by Crippen LogP contribution is 2.44. The summed E-state index contributed by atoms with van der Waals surface area (Å²) in [4.78, 5) is 32.2. The fraction of sp³-hybridized carbons (Fsp3) is 0.129. The highest BCUT2D eigenvalue weighted by molar-refractivity contribution is 8.00. The molecule has 5 aromatic rings. The minimum Gasteiger partial charge on any atom is -0.507 e. The number of aromatic nitrogens is 3. The van der Waals surface area contributed by atoms with Crippen molar-refractivity contribution in [2.75, 3.05) is 11.5 Å². The summed E-state index contributed by atoms with van der Waals surface area (Å²) in [5.41, 5.74) is 2.16. The number of fused-ring (bicyclic) bond motifs is 1. The molecule has 1 aliphatic heterocycles. The average Bonchev–Trinajstić information content (AvgIpc) is 3.58. The molecule has 3 aromatic carbocycles. The van der Waals surface area contributed by atoms with E-state index in [1.165, 1.54) is 45.8 Å². The van der Waals surface area contributed by atoms with Crippen molar-refractivity contribution >= 4 is 56.5 Å². The molecule has 2 aromatic heterocycles. The van der Waals surface area contributed by atoms with E-state index < -0.39 is 17.7 Å². The Kier molecular flexibility index (Phi) is 7.49. The predicted molar refractivity (Wildman–Crippen MR) is 160 cm³/mol. The van der Waals surface area contributed by atoms with Gasteiger partial charge in [0, 0.05) is 23.7 Å². The number of aliphatic hydroxyl groups is 1. The molecule has 1 saturated heterocycles. The molecule has 0 radical (unpaired) electrons. The third kappa shape index (κ3) is 5.19. The van der Waals surface area contributed by atoms with E-state index in [-0.39, 0.29) is 16.5 Å². The second-order valence-corrected chi connectivity index (χ2v) is 11.4. The van der Waals surface area contributed by atoms with Crippen LogP contribution >= 0.6 is 23.1 Å². The number of carbonyl (C=O) groups is 2. The van der Waals surface area contributed by atoms with Gasteiger partial charge in [-0.25, -0.2) is 0 Å². The zero-order valence-electron chi connectivity index (χ0n) is 21.9. The molecule has 1 unspecified atom stereocenters. The molecule has 6 rings (SSSR count). The van der Waals surface area contributed by atoms with E-state index in [0.717, 1.165) is 10.9 Å². The minimum absolute atomic E-state index is 0.0227. The number of carbonyl (C=O) groups excluding carboxylic acids is 2. The van der Waals surface area contributed by atoms with E-state index in [1.807, 2.05) is 25.1 Å². The van der Waals surface area contributed by atoms with Crippen LogP contribution in [0, 0.1) is 0 Å². The van der Waals surface area contributed by atoms with Crippen LogP contribution < -0.4 is 9.64 Å². The van der Waals surface area contributed by atoms with Gasteiger partial charge < -0.3 is 9.84 Å². The molecule has 1 atom stereocenters. The van der Waals surface area contributed by atoms with Crippen molar-refractivity contribution < 1.29 is 19.4 Å². The fourth-order valence-corrected chi connectivity index (χ4v) is 6.71. The topological polar surface area (TPSA) is 106 Å². The summed E-state index contributed by atoms with van der Waals surface area (Å²) in [6.07, 6.45) is 3.03. The van der Waals surface area contributed by atoms with Gasteiger partial charge in [-0.15, -0.1) is 10.2 Å². The largest absolute Gasteiger partial charge is 0.507 e. The molecule has 41 heavy (non-hydrogen) atoms. The van der Waals surface area contributed by atoms with Crippen LogP contribution in [0.15, 0.2) is 101 Å². The molecule has 0 saturated carbocycles. The monoisotopic (exact) mass is 580 g/mol. The summed E-state index contributed by atoms with van der Waals surface area (Å²) in [7, 11) is 0. The Balaban J connectivity index is 1.36. The molecule has 1 fully saturated rings. The minimum atomic E-state index is -0.900. The van der Waals surface area contributed by atoms with Gasteiger partial charge in [0.2, 0.25) is 5.13 Å². The first-order valence-electron chi connectivity index (χ1n) is 12.9. The number of Topliss-reactive ketones (excluding diaryl/α,β-unsaturated/α-hetero) is 1. The molecular weight excluding hydrogens is 556 g/mol. The predicted octanol–water partition coefficient (Wildman–Crippen LogP) is 6.40. The van der Waals surface area contributed by atoms with Crippen LogP contribution in [-0.4, -0.2) is 38.6 Å². The van der Waals surface area contributed by atoms with Crippen LogP contribution in [0.4, 0.5) is 5.13 Å². The van der Waals surface area contributed by atoms with Gasteiger partial charge in [-0.05, 0) is 53.1 Å². The third-order valence-electron chi connectivity index (χ3n) is 6.74. The van der Waals surface area contributed by atoms with E-state index in [4.69, 9.17) is 4.74 Å². The SMILES string of the molecule is CCOc1ccc(C2C(=C(O)c3ccncc3)C(=O)C(=O)N2c2nnc(SCc3cccc4ccccc34)s2)cc1. The van der Waals surface area contributed by atoms with E-state index in [1.54, 1.807) is 36.4 Å². The van der Waals surface area contributed by atoms with Crippen LogP contribution in [-0.2, 0) is 15.3 Å². The number of aliphatic hydroxyl groups excluding tert-OH is 1. The van der Waals surface area contributed by atoms with Gasteiger partial charge in [-0.3, -0.25) is 19.5 Å². The number of anilines is 1. The maximum absolute atomic E-state index is 13.5. The number of ketones is 1. The number of hydrogen-bond donors (Lipinski definition) is 1. The number of nitrogens with zero attached hydrogens (tertiary/aromatic N) is 4. The molecule has 0 bridgehead atoms. The standard InChI is InChI=1S/C31H24N4O4S2/c1-2-39-23-12-10-20(11-13-23)26-25(27(36)21-14-16-32-17-15-21)28(37)29(38)35(26)30-33-34-31(41-30)40-18-22-8-5-7-19-6-3-4-9-24(19)22/h3-17,26,36H,2,18H2,1H3. The van der Waals surface area contributed by atoms with Crippen molar-refractivity contribution in [3.63, 3.8) is 0 Å². The van der Waals surface area contributed by atoms with Crippen molar-refractivity contribution in [2.24, 2.45) is 0 Å². The van der Waals surface area contributed by atoms with Crippen LogP contribution in [0.3, 0.4) is 0 Å². The molecule has 204 valence electrons. The summed E-state index contributed by atoms with van der Waals surface area (Å²) in [6, 6.07) is 23.8. The van der Waals surface area contributed by atoms with Crippen molar-refractivity contribution in [3.05, 3.63) is 114 Å². The number of hydrogen-bond acceptors (Lipinski definition) is 9. The van der Waals surface area contributed by atoms with Crippen molar-refractivity contribution in [1.29, 1.82) is 0 Å². The van der Waals surface area contributed by atoms with Gasteiger partial charge in [-0.1, -0.05) is 77.7 Å². The molecule has 3 heterocycles. The Bertz CT molecular complexity index is 1770. The van der Waals surface area contributed by atoms with E-state index in [9.17, 15) is 14.7 Å². The van der Waals surface area contributed by atoms with E-state index in [2.05, 4.69) is 39.4 Å². The van der Waals surface area contributed by atoms with Crippen LogP contribution in [0.25, 0.3) is 16.5 Å². The molecule has 10 heteroatoms. The number of benzene rings is 3. The van der Waals surface area contributed by atoms with Gasteiger partial charge in [-0.2, -0.15) is 0 Å². The van der Waals surface area contributed by atoms with Crippen LogP contribution in [0.5, 0.6) is 5.75 Å². The lowest BCUT2D eigenvalue weighted by molar-refractivity contribution is -0.132. The van der Waals surface area contributed by atoms with E-state index in [0.29, 0.717) is 33.6 Å². The number of amides is 1. The number of pyridine rings is 1. The van der Waals surface area contributed by atoms with Gasteiger partial charge in [0.15, 0.2) is 4.34 Å². The normalized spacial score (nSPS) is 16.4. The Hall–Kier alpha value is -4.54. The van der Waals surface area contributed by atoms with Crippen LogP contribution in [0.2, 0.25) is 0 Å². The lowest BCUT2D eigenvalue weighted by Gasteiger charge is -2.22. The molecule has 1 amide bonds. The second kappa shape index (κ2) is 11.5. The molecule has 0 aliphatic carbocycles. The first-order valence-corrected chi connectivity index (χ1v) is 14.7. The third-order valence-corrected chi connectivity index (χ3v) is 8.84.